The Balaban J connectivity index is 2.63. The van der Waals surface area contributed by atoms with Crippen LogP contribution in [0.15, 0.2) is 6.20 Å². The number of carbonyl (C=O) groups is 1. The van der Waals surface area contributed by atoms with E-state index < -0.39 is 0 Å². The molecule has 1 atom stereocenters. The Kier molecular flexibility index (Phi) is 4.03. The fourth-order valence-electron chi connectivity index (χ4n) is 0.929. The van der Waals surface area contributed by atoms with Crippen LogP contribution in [-0.4, -0.2) is 31.3 Å². The van der Waals surface area contributed by atoms with Gasteiger partial charge in [-0.15, -0.1) is 11.3 Å². The molecule has 0 radical (unpaired) electrons. The smallest absolute Gasteiger partial charge is 0.349 e. The highest BCUT2D eigenvalue weighted by Crippen LogP contribution is 2.15. The molecule has 0 saturated heterocycles. The summed E-state index contributed by atoms with van der Waals surface area (Å²) in [5, 5.41) is 0.889. The van der Waals surface area contributed by atoms with Gasteiger partial charge in [0.25, 0.3) is 0 Å². The quantitative estimate of drug-likeness (QED) is 0.714. The number of methoxy groups -OCH3 is 2. The van der Waals surface area contributed by atoms with Gasteiger partial charge in [0.15, 0.2) is 0 Å². The topological polar surface area (TPSA) is 48.4 Å². The zero-order valence-electron chi connectivity index (χ0n) is 8.44. The molecule has 0 aliphatic heterocycles. The second kappa shape index (κ2) is 5.07. The summed E-state index contributed by atoms with van der Waals surface area (Å²) in [4.78, 5) is 15.7. The van der Waals surface area contributed by atoms with Gasteiger partial charge in [-0.3, -0.25) is 0 Å². The van der Waals surface area contributed by atoms with Gasteiger partial charge in [-0.25, -0.2) is 9.78 Å². The minimum absolute atomic E-state index is 0.117. The number of ether oxygens (including phenoxy) is 2. The molecule has 0 spiro atoms. The second-order valence-electron chi connectivity index (χ2n) is 2.86. The van der Waals surface area contributed by atoms with Crippen LogP contribution >= 0.6 is 11.3 Å². The fraction of sp³-hybridized carbons (Fsp3) is 0.556. The number of nitrogens with zero attached hydrogens (tertiary/aromatic N) is 1. The molecule has 0 aliphatic rings. The Labute approximate surface area is 86.9 Å². The molecule has 0 N–H and O–H groups in total. The van der Waals surface area contributed by atoms with Crippen LogP contribution in [0.5, 0.6) is 0 Å². The van der Waals surface area contributed by atoms with Crippen LogP contribution in [0.1, 0.15) is 21.6 Å². The Bertz CT molecular complexity index is 311. The molecule has 14 heavy (non-hydrogen) atoms. The maximum Gasteiger partial charge on any atom is 0.349 e. The van der Waals surface area contributed by atoms with Crippen LogP contribution in [-0.2, 0) is 15.9 Å². The van der Waals surface area contributed by atoms with Crippen molar-refractivity contribution in [3.8, 4) is 0 Å². The van der Waals surface area contributed by atoms with E-state index in [0.717, 1.165) is 11.4 Å². The largest absolute Gasteiger partial charge is 0.465 e. The fourth-order valence-corrected chi connectivity index (χ4v) is 1.88. The monoisotopic (exact) mass is 215 g/mol. The van der Waals surface area contributed by atoms with Crippen LogP contribution in [0.2, 0.25) is 0 Å². The molecule has 0 amide bonds. The average molecular weight is 215 g/mol. The summed E-state index contributed by atoms with van der Waals surface area (Å²) in [5.41, 5.74) is 0. The van der Waals surface area contributed by atoms with E-state index in [1.165, 1.54) is 24.6 Å². The summed E-state index contributed by atoms with van der Waals surface area (Å²) in [6.45, 7) is 1.96. The van der Waals surface area contributed by atoms with Gasteiger partial charge in [-0.05, 0) is 6.92 Å². The Morgan fingerprint density at radius 3 is 2.93 bits per heavy atom. The molecule has 1 aromatic rings. The van der Waals surface area contributed by atoms with E-state index in [2.05, 4.69) is 9.72 Å². The number of carbonyl (C=O) groups excluding carboxylic acids is 1. The maximum absolute atomic E-state index is 11.1. The van der Waals surface area contributed by atoms with Crippen LogP contribution < -0.4 is 0 Å². The van der Waals surface area contributed by atoms with Crippen molar-refractivity contribution in [1.29, 1.82) is 0 Å². The standard InChI is InChI=1S/C9H13NO3S/c1-6(12-2)4-8-10-5-7(14-8)9(11)13-3/h5-6H,4H2,1-3H3. The van der Waals surface area contributed by atoms with Crippen molar-refractivity contribution in [2.45, 2.75) is 19.4 Å². The maximum atomic E-state index is 11.1. The van der Waals surface area contributed by atoms with Gasteiger partial charge in [0.1, 0.15) is 4.88 Å². The van der Waals surface area contributed by atoms with E-state index >= 15 is 0 Å². The summed E-state index contributed by atoms with van der Waals surface area (Å²) in [6, 6.07) is 0. The Morgan fingerprint density at radius 1 is 1.64 bits per heavy atom. The highest BCUT2D eigenvalue weighted by molar-refractivity contribution is 7.13. The molecule has 0 saturated carbocycles. The Morgan fingerprint density at radius 2 is 2.36 bits per heavy atom. The molecular weight excluding hydrogens is 202 g/mol. The zero-order valence-corrected chi connectivity index (χ0v) is 9.26. The van der Waals surface area contributed by atoms with Gasteiger partial charge in [0.05, 0.1) is 24.4 Å². The summed E-state index contributed by atoms with van der Waals surface area (Å²) in [5.74, 6) is -0.334. The summed E-state index contributed by atoms with van der Waals surface area (Å²) < 4.78 is 9.68. The van der Waals surface area contributed by atoms with Crippen molar-refractivity contribution in [3.05, 3.63) is 16.1 Å². The zero-order chi connectivity index (χ0) is 10.6. The van der Waals surface area contributed by atoms with Crippen molar-refractivity contribution in [3.63, 3.8) is 0 Å². The number of esters is 1. The van der Waals surface area contributed by atoms with Crippen LogP contribution in [0.25, 0.3) is 0 Å². The summed E-state index contributed by atoms with van der Waals surface area (Å²) in [7, 11) is 3.01. The van der Waals surface area contributed by atoms with Gasteiger partial charge in [0, 0.05) is 13.5 Å². The van der Waals surface area contributed by atoms with Crippen LogP contribution in [0.4, 0.5) is 0 Å². The van der Waals surface area contributed by atoms with E-state index in [4.69, 9.17) is 4.74 Å². The lowest BCUT2D eigenvalue weighted by Gasteiger charge is -2.05. The van der Waals surface area contributed by atoms with Crippen LogP contribution in [0.3, 0.4) is 0 Å². The first-order valence-electron chi connectivity index (χ1n) is 4.23. The average Bonchev–Trinajstić information content (AvgIpc) is 2.65. The lowest BCUT2D eigenvalue weighted by molar-refractivity contribution is 0.0606. The molecule has 0 fully saturated rings. The molecule has 78 valence electrons. The first-order valence-corrected chi connectivity index (χ1v) is 5.04. The van der Waals surface area contributed by atoms with Crippen molar-refractivity contribution < 1.29 is 14.3 Å². The summed E-state index contributed by atoms with van der Waals surface area (Å²) >= 11 is 1.34. The minimum atomic E-state index is -0.334. The number of aromatic nitrogens is 1. The molecule has 4 nitrogen and oxygen atoms in total. The lowest BCUT2D eigenvalue weighted by Crippen LogP contribution is -2.07. The van der Waals surface area contributed by atoms with Gasteiger partial charge in [-0.2, -0.15) is 0 Å². The van der Waals surface area contributed by atoms with E-state index in [1.807, 2.05) is 6.92 Å². The van der Waals surface area contributed by atoms with E-state index in [9.17, 15) is 4.79 Å². The van der Waals surface area contributed by atoms with Gasteiger partial charge >= 0.3 is 5.97 Å². The first-order chi connectivity index (χ1) is 6.67. The molecule has 1 unspecified atom stereocenters. The predicted molar refractivity (Wildman–Crippen MR) is 53.6 cm³/mol. The van der Waals surface area contributed by atoms with Gasteiger partial charge in [0.2, 0.25) is 0 Å². The van der Waals surface area contributed by atoms with Crippen molar-refractivity contribution in [1.82, 2.24) is 4.98 Å². The molecule has 0 aliphatic carbocycles. The predicted octanol–water partition coefficient (Wildman–Crippen LogP) is 1.51. The Hall–Kier alpha value is -0.940. The SMILES string of the molecule is COC(=O)c1cnc(CC(C)OC)s1. The third-order valence-electron chi connectivity index (χ3n) is 1.80. The van der Waals surface area contributed by atoms with Gasteiger partial charge in [-0.1, -0.05) is 0 Å². The third kappa shape index (κ3) is 2.78. The normalized spacial score (nSPS) is 12.5. The van der Waals surface area contributed by atoms with E-state index in [1.54, 1.807) is 7.11 Å². The van der Waals surface area contributed by atoms with Crippen molar-refractivity contribution in [2.24, 2.45) is 0 Å². The van der Waals surface area contributed by atoms with Gasteiger partial charge < -0.3 is 9.47 Å². The van der Waals surface area contributed by atoms with E-state index in [0.29, 0.717) is 4.88 Å². The molecule has 1 rings (SSSR count). The molecule has 1 heterocycles. The number of hydrogen-bond donors (Lipinski definition) is 0. The highest BCUT2D eigenvalue weighted by Gasteiger charge is 2.12. The number of hydrogen-bond acceptors (Lipinski definition) is 5. The van der Waals surface area contributed by atoms with Crippen molar-refractivity contribution in [2.75, 3.05) is 14.2 Å². The third-order valence-corrected chi connectivity index (χ3v) is 2.80. The van der Waals surface area contributed by atoms with Crippen LogP contribution in [0, 0.1) is 0 Å². The number of rotatable bonds is 4. The summed E-state index contributed by atoms with van der Waals surface area (Å²) in [6.07, 6.45) is 2.37. The molecule has 0 aromatic carbocycles. The number of thiazole rings is 1. The molecular formula is C9H13NO3S. The first kappa shape index (κ1) is 11.1. The molecule has 0 bridgehead atoms. The lowest BCUT2D eigenvalue weighted by atomic mass is 10.3. The van der Waals surface area contributed by atoms with E-state index in [-0.39, 0.29) is 12.1 Å². The highest BCUT2D eigenvalue weighted by atomic mass is 32.1. The minimum Gasteiger partial charge on any atom is -0.465 e. The van der Waals surface area contributed by atoms with Crippen molar-refractivity contribution >= 4 is 17.3 Å². The molecule has 1 aromatic heterocycles. The molecule has 5 heteroatoms. The second-order valence-corrected chi connectivity index (χ2v) is 3.98.